The van der Waals surface area contributed by atoms with Crippen LogP contribution in [0.2, 0.25) is 0 Å². The third kappa shape index (κ3) is 1.69. The van der Waals surface area contributed by atoms with E-state index in [1.807, 2.05) is 22.6 Å². The van der Waals surface area contributed by atoms with Crippen LogP contribution in [0.3, 0.4) is 0 Å². The van der Waals surface area contributed by atoms with Crippen molar-refractivity contribution >= 4 is 49.9 Å². The molecule has 0 radical (unpaired) electrons. The normalized spacial score (nSPS) is 9.83. The molecule has 64 valence electrons. The third-order valence-corrected chi connectivity index (χ3v) is 3.05. The number of nitrogens with two attached hydrogens (primary N) is 1. The van der Waals surface area contributed by atoms with Crippen molar-refractivity contribution in [3.8, 4) is 0 Å². The van der Waals surface area contributed by atoms with Crippen LogP contribution in [-0.4, -0.2) is 4.92 Å². The van der Waals surface area contributed by atoms with E-state index in [2.05, 4.69) is 15.9 Å². The van der Waals surface area contributed by atoms with Crippen LogP contribution < -0.4 is 5.73 Å². The van der Waals surface area contributed by atoms with Crippen LogP contribution in [0.4, 0.5) is 11.4 Å². The number of nitro groups is 1. The van der Waals surface area contributed by atoms with Gasteiger partial charge in [0, 0.05) is 0 Å². The van der Waals surface area contributed by atoms with Crippen LogP contribution in [0.15, 0.2) is 16.6 Å². The summed E-state index contributed by atoms with van der Waals surface area (Å²) in [7, 11) is 0. The Bertz CT molecular complexity index is 343. The van der Waals surface area contributed by atoms with E-state index in [1.165, 1.54) is 0 Å². The van der Waals surface area contributed by atoms with Gasteiger partial charge in [0.05, 0.1) is 15.1 Å². The molecule has 0 saturated carbocycles. The van der Waals surface area contributed by atoms with Crippen LogP contribution in [0.5, 0.6) is 0 Å². The standard InChI is InChI=1S/C6H4BrIN2O2/c7-3-1-2-4(9)5(8)6(3)10(11)12/h1-2H,9H2. The van der Waals surface area contributed by atoms with Crippen molar-refractivity contribution in [3.63, 3.8) is 0 Å². The molecule has 0 aliphatic rings. The first kappa shape index (κ1) is 9.72. The topological polar surface area (TPSA) is 69.2 Å². The van der Waals surface area contributed by atoms with Crippen molar-refractivity contribution < 1.29 is 4.92 Å². The van der Waals surface area contributed by atoms with Crippen molar-refractivity contribution in [2.75, 3.05) is 5.73 Å². The first-order chi connectivity index (χ1) is 5.54. The number of nitrogens with zero attached hydrogens (tertiary/aromatic N) is 1. The van der Waals surface area contributed by atoms with E-state index in [-0.39, 0.29) is 5.69 Å². The molecule has 0 bridgehead atoms. The monoisotopic (exact) mass is 342 g/mol. The Morgan fingerprint density at radius 2 is 2.17 bits per heavy atom. The van der Waals surface area contributed by atoms with Gasteiger partial charge in [-0.1, -0.05) is 0 Å². The summed E-state index contributed by atoms with van der Waals surface area (Å²) < 4.78 is 0.915. The predicted octanol–water partition coefficient (Wildman–Crippen LogP) is 2.54. The van der Waals surface area contributed by atoms with Crippen molar-refractivity contribution in [1.29, 1.82) is 0 Å². The molecule has 0 unspecified atom stereocenters. The SMILES string of the molecule is Nc1ccc(Br)c([N+](=O)[O-])c1I. The van der Waals surface area contributed by atoms with Gasteiger partial charge in [0.1, 0.15) is 3.57 Å². The molecule has 0 amide bonds. The van der Waals surface area contributed by atoms with Gasteiger partial charge in [-0.25, -0.2) is 0 Å². The smallest absolute Gasteiger partial charge is 0.298 e. The molecular weight excluding hydrogens is 339 g/mol. The van der Waals surface area contributed by atoms with Gasteiger partial charge in [-0.3, -0.25) is 10.1 Å². The molecule has 0 aromatic heterocycles. The van der Waals surface area contributed by atoms with Gasteiger partial charge in [0.25, 0.3) is 5.69 Å². The lowest BCUT2D eigenvalue weighted by Crippen LogP contribution is -1.97. The summed E-state index contributed by atoms with van der Waals surface area (Å²) in [4.78, 5) is 10.1. The summed E-state index contributed by atoms with van der Waals surface area (Å²) in [5.41, 5.74) is 5.94. The lowest BCUT2D eigenvalue weighted by Gasteiger charge is -2.00. The maximum Gasteiger partial charge on any atom is 0.298 e. The van der Waals surface area contributed by atoms with Gasteiger partial charge < -0.3 is 5.73 Å². The largest absolute Gasteiger partial charge is 0.398 e. The van der Waals surface area contributed by atoms with Crippen LogP contribution in [-0.2, 0) is 0 Å². The quantitative estimate of drug-likeness (QED) is 0.369. The maximum atomic E-state index is 10.5. The zero-order valence-corrected chi connectivity index (χ0v) is 9.50. The number of benzene rings is 1. The molecule has 0 heterocycles. The summed E-state index contributed by atoms with van der Waals surface area (Å²) in [5.74, 6) is 0. The Balaban J connectivity index is 3.43. The van der Waals surface area contributed by atoms with E-state index >= 15 is 0 Å². The van der Waals surface area contributed by atoms with Crippen molar-refractivity contribution in [2.24, 2.45) is 0 Å². The molecule has 12 heavy (non-hydrogen) atoms. The van der Waals surface area contributed by atoms with Gasteiger partial charge in [-0.2, -0.15) is 0 Å². The Morgan fingerprint density at radius 1 is 1.58 bits per heavy atom. The number of anilines is 1. The highest BCUT2D eigenvalue weighted by atomic mass is 127. The first-order valence-corrected chi connectivity index (χ1v) is 4.79. The van der Waals surface area contributed by atoms with Crippen molar-refractivity contribution in [3.05, 3.63) is 30.3 Å². The lowest BCUT2D eigenvalue weighted by atomic mass is 10.3. The molecule has 4 nitrogen and oxygen atoms in total. The zero-order valence-electron chi connectivity index (χ0n) is 5.75. The van der Waals surface area contributed by atoms with Crippen LogP contribution in [0.1, 0.15) is 0 Å². The second kappa shape index (κ2) is 3.56. The molecule has 1 aromatic rings. The second-order valence-electron chi connectivity index (χ2n) is 2.06. The van der Waals surface area contributed by atoms with Crippen LogP contribution in [0, 0.1) is 13.7 Å². The Labute approximate surface area is 90.6 Å². The lowest BCUT2D eigenvalue weighted by molar-refractivity contribution is -0.386. The molecule has 0 fully saturated rings. The molecule has 0 aliphatic carbocycles. The highest BCUT2D eigenvalue weighted by molar-refractivity contribution is 14.1. The molecule has 2 N–H and O–H groups in total. The fourth-order valence-corrected chi connectivity index (χ4v) is 2.24. The van der Waals surface area contributed by atoms with Gasteiger partial charge in [0.2, 0.25) is 0 Å². The van der Waals surface area contributed by atoms with E-state index < -0.39 is 4.92 Å². The van der Waals surface area contributed by atoms with Crippen molar-refractivity contribution in [1.82, 2.24) is 0 Å². The van der Waals surface area contributed by atoms with E-state index in [0.29, 0.717) is 13.7 Å². The minimum atomic E-state index is -0.456. The molecular formula is C6H4BrIN2O2. The minimum Gasteiger partial charge on any atom is -0.398 e. The summed E-state index contributed by atoms with van der Waals surface area (Å²) in [5, 5.41) is 10.5. The number of nitro benzene ring substituents is 1. The molecule has 1 rings (SSSR count). The molecule has 0 aliphatic heterocycles. The van der Waals surface area contributed by atoms with Gasteiger partial charge in [0.15, 0.2) is 0 Å². The van der Waals surface area contributed by atoms with Crippen LogP contribution in [0.25, 0.3) is 0 Å². The molecule has 0 saturated heterocycles. The summed E-state index contributed by atoms with van der Waals surface area (Å²) in [6, 6.07) is 3.19. The summed E-state index contributed by atoms with van der Waals surface area (Å²) >= 11 is 4.93. The average Bonchev–Trinajstić information content (AvgIpc) is 1.97. The van der Waals surface area contributed by atoms with Gasteiger partial charge >= 0.3 is 0 Å². The fourth-order valence-electron chi connectivity index (χ4n) is 0.724. The number of hydrogen-bond acceptors (Lipinski definition) is 3. The minimum absolute atomic E-state index is 0.0237. The number of halogens is 2. The first-order valence-electron chi connectivity index (χ1n) is 2.92. The Hall–Kier alpha value is -0.370. The van der Waals surface area contributed by atoms with Crippen LogP contribution >= 0.6 is 38.5 Å². The highest BCUT2D eigenvalue weighted by Crippen LogP contribution is 2.33. The zero-order chi connectivity index (χ0) is 9.30. The number of nitrogen functional groups attached to an aromatic ring is 1. The third-order valence-electron chi connectivity index (χ3n) is 1.28. The Kier molecular flexibility index (Phi) is 2.89. The van der Waals surface area contributed by atoms with Gasteiger partial charge in [-0.05, 0) is 50.7 Å². The van der Waals surface area contributed by atoms with E-state index in [9.17, 15) is 10.1 Å². The molecule has 0 spiro atoms. The van der Waals surface area contributed by atoms with E-state index in [1.54, 1.807) is 12.1 Å². The number of hydrogen-bond donors (Lipinski definition) is 1. The summed E-state index contributed by atoms with van der Waals surface area (Å²) in [6.07, 6.45) is 0. The van der Waals surface area contributed by atoms with Gasteiger partial charge in [-0.15, -0.1) is 0 Å². The number of rotatable bonds is 1. The summed E-state index contributed by atoms with van der Waals surface area (Å²) in [6.45, 7) is 0. The maximum absolute atomic E-state index is 10.5. The molecule has 0 atom stereocenters. The predicted molar refractivity (Wildman–Crippen MR) is 57.9 cm³/mol. The van der Waals surface area contributed by atoms with E-state index in [4.69, 9.17) is 5.73 Å². The van der Waals surface area contributed by atoms with E-state index in [0.717, 1.165) is 0 Å². The fraction of sp³-hybridized carbons (Fsp3) is 0. The molecule has 1 aromatic carbocycles. The second-order valence-corrected chi connectivity index (χ2v) is 3.99. The Morgan fingerprint density at radius 3 is 2.58 bits per heavy atom. The average molecular weight is 343 g/mol. The highest BCUT2D eigenvalue weighted by Gasteiger charge is 2.18. The van der Waals surface area contributed by atoms with Crippen molar-refractivity contribution in [2.45, 2.75) is 0 Å². The molecule has 6 heteroatoms.